The number of ether oxygens (including phenoxy) is 1. The Labute approximate surface area is 124 Å². The van der Waals surface area contributed by atoms with Crippen molar-refractivity contribution in [1.82, 2.24) is 0 Å². The molecule has 2 N–H and O–H groups in total. The van der Waals surface area contributed by atoms with Gasteiger partial charge in [-0.2, -0.15) is 0 Å². The number of carboxylic acids is 1. The number of hydrogen-bond donors (Lipinski definition) is 2. The number of aromatic carboxylic acids is 1. The minimum atomic E-state index is -0.984. The minimum absolute atomic E-state index is 0.0689. The zero-order valence-electron chi connectivity index (χ0n) is 12.4. The van der Waals surface area contributed by atoms with Gasteiger partial charge in [0.15, 0.2) is 0 Å². The summed E-state index contributed by atoms with van der Waals surface area (Å²) >= 11 is 0. The predicted octanol–water partition coefficient (Wildman–Crippen LogP) is 2.84. The van der Waals surface area contributed by atoms with E-state index in [-0.39, 0.29) is 11.5 Å². The van der Waals surface area contributed by atoms with Gasteiger partial charge in [-0.25, -0.2) is 4.79 Å². The fourth-order valence-corrected chi connectivity index (χ4v) is 2.68. The second-order valence-electron chi connectivity index (χ2n) is 5.45. The van der Waals surface area contributed by atoms with Crippen LogP contribution in [0.3, 0.4) is 0 Å². The third kappa shape index (κ3) is 3.82. The Balaban J connectivity index is 1.89. The molecule has 114 valence electrons. The molecular formula is C16H21NO4. The van der Waals surface area contributed by atoms with Crippen molar-refractivity contribution in [2.45, 2.75) is 39.2 Å². The molecular weight excluding hydrogens is 270 g/mol. The van der Waals surface area contributed by atoms with E-state index in [4.69, 9.17) is 9.84 Å². The summed E-state index contributed by atoms with van der Waals surface area (Å²) in [6.07, 6.45) is 2.61. The van der Waals surface area contributed by atoms with E-state index in [2.05, 4.69) is 5.32 Å². The van der Waals surface area contributed by atoms with Crippen molar-refractivity contribution in [3.8, 4) is 0 Å². The van der Waals surface area contributed by atoms with Gasteiger partial charge in [0.1, 0.15) is 0 Å². The average molecular weight is 291 g/mol. The number of carboxylic acid groups (broad SMARTS) is 1. The highest BCUT2D eigenvalue weighted by Crippen LogP contribution is 2.33. The van der Waals surface area contributed by atoms with Gasteiger partial charge in [-0.1, -0.05) is 6.07 Å². The molecule has 0 atom stereocenters. The second-order valence-corrected chi connectivity index (χ2v) is 5.45. The van der Waals surface area contributed by atoms with Crippen LogP contribution in [0.4, 0.5) is 5.69 Å². The van der Waals surface area contributed by atoms with E-state index in [0.717, 1.165) is 12.8 Å². The molecule has 0 radical (unpaired) electrons. The van der Waals surface area contributed by atoms with Crippen LogP contribution in [0, 0.1) is 12.8 Å². The van der Waals surface area contributed by atoms with E-state index in [9.17, 15) is 9.59 Å². The van der Waals surface area contributed by atoms with Crippen molar-refractivity contribution < 1.29 is 19.4 Å². The molecule has 0 spiro atoms. The third-order valence-electron chi connectivity index (χ3n) is 3.91. The number of amides is 1. The maximum atomic E-state index is 12.0. The summed E-state index contributed by atoms with van der Waals surface area (Å²) < 4.78 is 5.47. The van der Waals surface area contributed by atoms with Crippen molar-refractivity contribution in [1.29, 1.82) is 0 Å². The molecule has 21 heavy (non-hydrogen) atoms. The molecule has 2 rings (SSSR count). The average Bonchev–Trinajstić information content (AvgIpc) is 2.38. The van der Waals surface area contributed by atoms with Gasteiger partial charge < -0.3 is 15.2 Å². The van der Waals surface area contributed by atoms with Crippen LogP contribution in [-0.2, 0) is 9.53 Å². The fraction of sp³-hybridized carbons (Fsp3) is 0.500. The molecule has 1 aromatic rings. The first kappa shape index (κ1) is 15.5. The molecule has 1 fully saturated rings. The lowest BCUT2D eigenvalue weighted by Crippen LogP contribution is -2.34. The van der Waals surface area contributed by atoms with Crippen molar-refractivity contribution in [3.63, 3.8) is 0 Å². The smallest absolute Gasteiger partial charge is 0.336 e. The number of carbonyl (C=O) groups is 2. The molecule has 1 amide bonds. The first-order chi connectivity index (χ1) is 10.0. The van der Waals surface area contributed by atoms with Gasteiger partial charge in [0.25, 0.3) is 0 Å². The van der Waals surface area contributed by atoms with Gasteiger partial charge in [0.2, 0.25) is 5.91 Å². The van der Waals surface area contributed by atoms with Crippen LogP contribution in [0.1, 0.15) is 42.1 Å². The van der Waals surface area contributed by atoms with Crippen LogP contribution < -0.4 is 5.32 Å². The lowest BCUT2D eigenvalue weighted by atomic mass is 9.80. The number of benzene rings is 1. The van der Waals surface area contributed by atoms with Crippen LogP contribution in [0.5, 0.6) is 0 Å². The Bertz CT molecular complexity index is 535. The van der Waals surface area contributed by atoms with Crippen LogP contribution in [0.25, 0.3) is 0 Å². The molecule has 1 aromatic carbocycles. The molecule has 5 heteroatoms. The zero-order chi connectivity index (χ0) is 15.4. The Hall–Kier alpha value is -1.88. The Morgan fingerprint density at radius 2 is 2.10 bits per heavy atom. The second kappa shape index (κ2) is 6.72. The minimum Gasteiger partial charge on any atom is -0.478 e. The molecule has 1 saturated carbocycles. The van der Waals surface area contributed by atoms with Crippen LogP contribution in [0.15, 0.2) is 18.2 Å². The number of carbonyl (C=O) groups excluding carboxylic acids is 1. The molecule has 0 unspecified atom stereocenters. The van der Waals surface area contributed by atoms with E-state index in [1.165, 1.54) is 6.07 Å². The maximum absolute atomic E-state index is 12.0. The van der Waals surface area contributed by atoms with Crippen LogP contribution in [0.2, 0.25) is 0 Å². The number of hydrogen-bond acceptors (Lipinski definition) is 3. The molecule has 0 aliphatic heterocycles. The normalized spacial score (nSPS) is 20.7. The van der Waals surface area contributed by atoms with Gasteiger partial charge in [-0.15, -0.1) is 0 Å². The van der Waals surface area contributed by atoms with Gasteiger partial charge >= 0.3 is 5.97 Å². The summed E-state index contributed by atoms with van der Waals surface area (Å²) in [6.45, 7) is 4.39. The lowest BCUT2D eigenvalue weighted by molar-refractivity contribution is -0.119. The Morgan fingerprint density at radius 1 is 1.38 bits per heavy atom. The number of rotatable bonds is 6. The summed E-state index contributed by atoms with van der Waals surface area (Å²) in [5.74, 6) is -0.688. The Morgan fingerprint density at radius 3 is 2.71 bits per heavy atom. The van der Waals surface area contributed by atoms with Crippen molar-refractivity contribution in [3.05, 3.63) is 29.3 Å². The molecule has 0 saturated heterocycles. The topological polar surface area (TPSA) is 75.6 Å². The SMILES string of the molecule is CCOC1CC(CC(=O)Nc2cccc(C(=O)O)c2C)C1. The zero-order valence-corrected chi connectivity index (χ0v) is 12.4. The molecule has 0 aromatic heterocycles. The predicted molar refractivity (Wildman–Crippen MR) is 79.5 cm³/mol. The van der Waals surface area contributed by atoms with Gasteiger partial charge in [-0.05, 0) is 50.3 Å². The lowest BCUT2D eigenvalue weighted by Gasteiger charge is -2.34. The molecule has 0 heterocycles. The van der Waals surface area contributed by atoms with Gasteiger partial charge in [-0.3, -0.25) is 4.79 Å². The summed E-state index contributed by atoms with van der Waals surface area (Å²) in [5.41, 5.74) is 1.37. The maximum Gasteiger partial charge on any atom is 0.336 e. The van der Waals surface area contributed by atoms with E-state index in [1.54, 1.807) is 19.1 Å². The van der Waals surface area contributed by atoms with E-state index in [1.807, 2.05) is 6.92 Å². The summed E-state index contributed by atoms with van der Waals surface area (Å²) in [7, 11) is 0. The first-order valence-corrected chi connectivity index (χ1v) is 7.25. The summed E-state index contributed by atoms with van der Waals surface area (Å²) in [5, 5.41) is 11.9. The van der Waals surface area contributed by atoms with Crippen molar-refractivity contribution >= 4 is 17.6 Å². The third-order valence-corrected chi connectivity index (χ3v) is 3.91. The van der Waals surface area contributed by atoms with Crippen molar-refractivity contribution in [2.24, 2.45) is 5.92 Å². The molecule has 1 aliphatic rings. The monoisotopic (exact) mass is 291 g/mol. The van der Waals surface area contributed by atoms with E-state index < -0.39 is 5.97 Å². The van der Waals surface area contributed by atoms with Gasteiger partial charge in [0, 0.05) is 18.7 Å². The Kier molecular flexibility index (Phi) is 4.96. The first-order valence-electron chi connectivity index (χ1n) is 7.25. The largest absolute Gasteiger partial charge is 0.478 e. The van der Waals surface area contributed by atoms with E-state index in [0.29, 0.717) is 36.3 Å². The summed E-state index contributed by atoms with van der Waals surface area (Å²) in [4.78, 5) is 23.1. The molecule has 1 aliphatic carbocycles. The highest BCUT2D eigenvalue weighted by Gasteiger charge is 2.31. The highest BCUT2D eigenvalue weighted by atomic mass is 16.5. The fourth-order valence-electron chi connectivity index (χ4n) is 2.68. The number of anilines is 1. The van der Waals surface area contributed by atoms with Crippen molar-refractivity contribution in [2.75, 3.05) is 11.9 Å². The quantitative estimate of drug-likeness (QED) is 0.845. The van der Waals surface area contributed by atoms with Crippen LogP contribution in [-0.4, -0.2) is 29.7 Å². The van der Waals surface area contributed by atoms with Gasteiger partial charge in [0.05, 0.1) is 11.7 Å². The summed E-state index contributed by atoms with van der Waals surface area (Å²) in [6, 6.07) is 4.90. The molecule has 0 bridgehead atoms. The van der Waals surface area contributed by atoms with Crippen LogP contribution >= 0.6 is 0 Å². The van der Waals surface area contributed by atoms with E-state index >= 15 is 0 Å². The standard InChI is InChI=1S/C16H21NO4/c1-3-21-12-7-11(8-12)9-15(18)17-14-6-4-5-13(10(14)2)16(19)20/h4-6,11-12H,3,7-9H2,1-2H3,(H,17,18)(H,19,20). The number of nitrogens with one attached hydrogen (secondary N) is 1. The molecule has 5 nitrogen and oxygen atoms in total. The highest BCUT2D eigenvalue weighted by molar-refractivity contribution is 5.96.